The van der Waals surface area contributed by atoms with Gasteiger partial charge in [-0.1, -0.05) is 0 Å². The largest absolute Gasteiger partial charge is 0.504 e. The number of carbonyl (C=O) groups excluding carboxylic acids is 1. The van der Waals surface area contributed by atoms with E-state index in [1.807, 2.05) is 12.1 Å². The average molecular weight is 371 g/mol. The second-order valence-electron chi connectivity index (χ2n) is 5.62. The van der Waals surface area contributed by atoms with Gasteiger partial charge in [0.15, 0.2) is 17.9 Å². The van der Waals surface area contributed by atoms with Crippen LogP contribution in [0.4, 0.5) is 10.2 Å². The summed E-state index contributed by atoms with van der Waals surface area (Å²) in [6, 6.07) is 6.55. The van der Waals surface area contributed by atoms with Crippen LogP contribution in [0.15, 0.2) is 36.7 Å². The summed E-state index contributed by atoms with van der Waals surface area (Å²) in [4.78, 5) is 22.7. The van der Waals surface area contributed by atoms with Crippen LogP contribution in [-0.2, 0) is 0 Å². The van der Waals surface area contributed by atoms with Crippen LogP contribution in [0.3, 0.4) is 0 Å². The van der Waals surface area contributed by atoms with Crippen LogP contribution >= 0.6 is 11.3 Å². The summed E-state index contributed by atoms with van der Waals surface area (Å²) in [5.41, 5.74) is 1.28. The minimum atomic E-state index is -0.829. The van der Waals surface area contributed by atoms with E-state index in [0.717, 1.165) is 29.5 Å². The Balaban J connectivity index is 1.91. The number of halogens is 1. The Labute approximate surface area is 154 Å². The number of hydrogen-bond acceptors (Lipinski definition) is 6. The van der Waals surface area contributed by atoms with E-state index in [1.54, 1.807) is 12.4 Å². The molecule has 0 aliphatic heterocycles. The molecule has 7 heteroatoms. The lowest BCUT2D eigenvalue weighted by Crippen LogP contribution is -2.22. The lowest BCUT2D eigenvalue weighted by Gasteiger charge is -2.19. The normalized spacial score (nSPS) is 10.7. The highest BCUT2D eigenvalue weighted by atomic mass is 32.1. The molecule has 0 radical (unpaired) electrons. The molecule has 26 heavy (non-hydrogen) atoms. The second kappa shape index (κ2) is 7.61. The SMILES string of the molecule is CCN(CC)c1ccc(-c2ncc(-c3cc(F)c(O)c(C=O)c3)s2)cn1. The number of aromatic hydroxyl groups is 1. The highest BCUT2D eigenvalue weighted by Crippen LogP contribution is 2.35. The number of aldehydes is 1. The van der Waals surface area contributed by atoms with Crippen LogP contribution < -0.4 is 4.90 Å². The molecule has 134 valence electrons. The molecular formula is C19H18FN3O2S. The van der Waals surface area contributed by atoms with Gasteiger partial charge in [0.05, 0.1) is 10.4 Å². The van der Waals surface area contributed by atoms with Crippen molar-refractivity contribution in [2.45, 2.75) is 13.8 Å². The van der Waals surface area contributed by atoms with Crippen molar-refractivity contribution in [1.82, 2.24) is 9.97 Å². The van der Waals surface area contributed by atoms with E-state index in [2.05, 4.69) is 28.7 Å². The number of hydrogen-bond donors (Lipinski definition) is 1. The third kappa shape index (κ3) is 3.43. The molecule has 0 atom stereocenters. The number of rotatable bonds is 6. The number of anilines is 1. The fraction of sp³-hybridized carbons (Fsp3) is 0.211. The molecule has 0 unspecified atom stereocenters. The maximum Gasteiger partial charge on any atom is 0.166 e. The smallest absolute Gasteiger partial charge is 0.166 e. The van der Waals surface area contributed by atoms with Crippen molar-refractivity contribution >= 4 is 23.4 Å². The van der Waals surface area contributed by atoms with E-state index >= 15 is 0 Å². The number of pyridine rings is 1. The molecule has 1 N–H and O–H groups in total. The summed E-state index contributed by atoms with van der Waals surface area (Å²) in [6.45, 7) is 5.93. The molecule has 0 aliphatic carbocycles. The molecule has 1 aromatic carbocycles. The Morgan fingerprint density at radius 2 is 1.92 bits per heavy atom. The maximum atomic E-state index is 13.8. The third-order valence-electron chi connectivity index (χ3n) is 4.09. The summed E-state index contributed by atoms with van der Waals surface area (Å²) in [6.07, 6.45) is 3.82. The van der Waals surface area contributed by atoms with Gasteiger partial charge in [-0.3, -0.25) is 4.79 Å². The number of benzene rings is 1. The number of nitrogens with zero attached hydrogens (tertiary/aromatic N) is 3. The molecule has 0 aliphatic rings. The Morgan fingerprint density at radius 3 is 2.54 bits per heavy atom. The van der Waals surface area contributed by atoms with Gasteiger partial charge in [0.2, 0.25) is 0 Å². The standard InChI is InChI=1S/C19H18FN3O2S/c1-3-23(4-2)17-6-5-12(9-21-17)19-22-10-16(26-19)13-7-14(11-24)18(25)15(20)8-13/h5-11,25H,3-4H2,1-2H3. The van der Waals surface area contributed by atoms with Crippen LogP contribution in [0, 0.1) is 5.82 Å². The minimum absolute atomic E-state index is 0.0832. The first-order valence-corrected chi connectivity index (χ1v) is 9.04. The Hall–Kier alpha value is -2.80. The molecule has 0 saturated carbocycles. The van der Waals surface area contributed by atoms with Gasteiger partial charge in [0.25, 0.3) is 0 Å². The van der Waals surface area contributed by atoms with Crippen molar-refractivity contribution in [3.8, 4) is 26.8 Å². The van der Waals surface area contributed by atoms with Crippen molar-refractivity contribution in [2.24, 2.45) is 0 Å². The molecule has 0 spiro atoms. The molecule has 0 saturated heterocycles. The molecule has 3 aromatic rings. The van der Waals surface area contributed by atoms with E-state index in [0.29, 0.717) is 16.7 Å². The monoisotopic (exact) mass is 371 g/mol. The van der Waals surface area contributed by atoms with Gasteiger partial charge >= 0.3 is 0 Å². The van der Waals surface area contributed by atoms with Gasteiger partial charge in [0.1, 0.15) is 10.8 Å². The summed E-state index contributed by atoms with van der Waals surface area (Å²) in [7, 11) is 0. The molecule has 2 heterocycles. The molecule has 5 nitrogen and oxygen atoms in total. The number of phenols is 1. The average Bonchev–Trinajstić information content (AvgIpc) is 3.15. The lowest BCUT2D eigenvalue weighted by molar-refractivity contribution is 0.112. The van der Waals surface area contributed by atoms with Crippen molar-refractivity contribution in [1.29, 1.82) is 0 Å². The first kappa shape index (κ1) is 18.0. The number of phenolic OH excluding ortho intramolecular Hbond substituents is 1. The van der Waals surface area contributed by atoms with Crippen LogP contribution in [0.2, 0.25) is 0 Å². The van der Waals surface area contributed by atoms with Crippen molar-refractivity contribution in [2.75, 3.05) is 18.0 Å². The van der Waals surface area contributed by atoms with Crippen LogP contribution in [0.5, 0.6) is 5.75 Å². The van der Waals surface area contributed by atoms with Crippen LogP contribution in [0.1, 0.15) is 24.2 Å². The van der Waals surface area contributed by atoms with Gasteiger partial charge in [-0.2, -0.15) is 0 Å². The van der Waals surface area contributed by atoms with Gasteiger partial charge in [0, 0.05) is 31.0 Å². The van der Waals surface area contributed by atoms with E-state index in [1.165, 1.54) is 23.5 Å². The van der Waals surface area contributed by atoms with E-state index in [4.69, 9.17) is 0 Å². The van der Waals surface area contributed by atoms with Gasteiger partial charge < -0.3 is 10.0 Å². The first-order valence-electron chi connectivity index (χ1n) is 8.22. The van der Waals surface area contributed by atoms with Gasteiger partial charge in [-0.05, 0) is 43.7 Å². The Morgan fingerprint density at radius 1 is 1.15 bits per heavy atom. The summed E-state index contributed by atoms with van der Waals surface area (Å²) >= 11 is 1.37. The zero-order valence-electron chi connectivity index (χ0n) is 14.4. The summed E-state index contributed by atoms with van der Waals surface area (Å²) in [5.74, 6) is -0.554. The summed E-state index contributed by atoms with van der Waals surface area (Å²) in [5, 5.41) is 10.3. The molecule has 0 fully saturated rings. The first-order chi connectivity index (χ1) is 12.6. The molecule has 0 bridgehead atoms. The van der Waals surface area contributed by atoms with E-state index in [-0.39, 0.29) is 5.56 Å². The zero-order valence-corrected chi connectivity index (χ0v) is 15.3. The number of carbonyl (C=O) groups is 1. The highest BCUT2D eigenvalue weighted by Gasteiger charge is 2.13. The predicted molar refractivity (Wildman–Crippen MR) is 101 cm³/mol. The Bertz CT molecular complexity index is 921. The van der Waals surface area contributed by atoms with Gasteiger partial charge in [-0.15, -0.1) is 11.3 Å². The molecule has 2 aromatic heterocycles. The van der Waals surface area contributed by atoms with Crippen molar-refractivity contribution in [3.63, 3.8) is 0 Å². The van der Waals surface area contributed by atoms with Gasteiger partial charge in [-0.25, -0.2) is 14.4 Å². The number of aromatic nitrogens is 2. The maximum absolute atomic E-state index is 13.8. The zero-order chi connectivity index (χ0) is 18.7. The lowest BCUT2D eigenvalue weighted by atomic mass is 10.1. The highest BCUT2D eigenvalue weighted by molar-refractivity contribution is 7.18. The van der Waals surface area contributed by atoms with E-state index in [9.17, 15) is 14.3 Å². The quantitative estimate of drug-likeness (QED) is 0.652. The molecule has 3 rings (SSSR count). The molecular weight excluding hydrogens is 353 g/mol. The Kier molecular flexibility index (Phi) is 5.27. The second-order valence-corrected chi connectivity index (χ2v) is 6.65. The molecule has 0 amide bonds. The van der Waals surface area contributed by atoms with Crippen LogP contribution in [-0.4, -0.2) is 34.5 Å². The van der Waals surface area contributed by atoms with Crippen LogP contribution in [0.25, 0.3) is 21.0 Å². The minimum Gasteiger partial charge on any atom is -0.504 e. The van der Waals surface area contributed by atoms with Crippen molar-refractivity contribution in [3.05, 3.63) is 48.0 Å². The fourth-order valence-electron chi connectivity index (χ4n) is 2.64. The third-order valence-corrected chi connectivity index (χ3v) is 5.19. The van der Waals surface area contributed by atoms with E-state index < -0.39 is 11.6 Å². The fourth-order valence-corrected chi connectivity index (χ4v) is 3.53. The predicted octanol–water partition coefficient (Wildman–Crippen LogP) is 4.38. The summed E-state index contributed by atoms with van der Waals surface area (Å²) < 4.78 is 13.8. The topological polar surface area (TPSA) is 66.3 Å². The number of thiazole rings is 1. The van der Waals surface area contributed by atoms with Crippen molar-refractivity contribution < 1.29 is 14.3 Å².